The molecule has 0 N–H and O–H groups in total. The van der Waals surface area contributed by atoms with E-state index in [0.29, 0.717) is 5.92 Å². The first kappa shape index (κ1) is 16.9. The van der Waals surface area contributed by atoms with Gasteiger partial charge in [-0.3, -0.25) is 0 Å². The van der Waals surface area contributed by atoms with Crippen molar-refractivity contribution in [2.24, 2.45) is 0 Å². The van der Waals surface area contributed by atoms with Crippen molar-refractivity contribution in [2.45, 2.75) is 45.8 Å². The van der Waals surface area contributed by atoms with Crippen molar-refractivity contribution < 1.29 is 0 Å². The van der Waals surface area contributed by atoms with Gasteiger partial charge in [0.15, 0.2) is 0 Å². The number of hydrogen-bond acceptors (Lipinski definition) is 0. The highest BCUT2D eigenvalue weighted by atomic mass is 14.4. The summed E-state index contributed by atoms with van der Waals surface area (Å²) in [5.74, 6) is 0.454. The van der Waals surface area contributed by atoms with Gasteiger partial charge in [0.25, 0.3) is 0 Å². The fourth-order valence-electron chi connectivity index (χ4n) is 5.12. The molecule has 1 atom stereocenters. The SMILES string of the molecule is C[B]c1ccc2c(c1)C(C)c1cc3c(cc1-2)C(C)(C)c1cc([B]C)ccc1-3. The van der Waals surface area contributed by atoms with E-state index in [4.69, 9.17) is 0 Å². The molecule has 2 radical (unpaired) electrons. The minimum Gasteiger partial charge on any atom is -0.0878 e. The number of fused-ring (bicyclic) bond motifs is 6. The van der Waals surface area contributed by atoms with Crippen LogP contribution in [0.3, 0.4) is 0 Å². The highest BCUT2D eigenvalue weighted by Gasteiger charge is 2.38. The van der Waals surface area contributed by atoms with Crippen molar-refractivity contribution in [1.29, 1.82) is 0 Å². The molecule has 0 heterocycles. The summed E-state index contributed by atoms with van der Waals surface area (Å²) in [7, 11) is 4.39. The van der Waals surface area contributed by atoms with Gasteiger partial charge in [0.1, 0.15) is 14.6 Å². The van der Waals surface area contributed by atoms with Crippen molar-refractivity contribution in [3.05, 3.63) is 70.8 Å². The summed E-state index contributed by atoms with van der Waals surface area (Å²) in [6, 6.07) is 18.8. The zero-order valence-electron chi connectivity index (χ0n) is 16.9. The van der Waals surface area contributed by atoms with Crippen LogP contribution in [0, 0.1) is 0 Å². The van der Waals surface area contributed by atoms with E-state index >= 15 is 0 Å². The Bertz CT molecular complexity index is 1090. The molecule has 1 unspecified atom stereocenters. The molecule has 0 amide bonds. The summed E-state index contributed by atoms with van der Waals surface area (Å²) in [4.78, 5) is 0. The first-order valence-electron chi connectivity index (χ1n) is 10.0. The normalized spacial score (nSPS) is 17.7. The molecule has 0 spiro atoms. The lowest BCUT2D eigenvalue weighted by molar-refractivity contribution is 0.661. The Morgan fingerprint density at radius 2 is 1.26 bits per heavy atom. The highest BCUT2D eigenvalue weighted by Crippen LogP contribution is 2.53. The number of hydrogen-bond donors (Lipinski definition) is 0. The minimum absolute atomic E-state index is 0.0435. The standard InChI is InChI=1S/C25H24B2/c1-14-19-10-15(26-4)6-8-17(19)21-13-24-22(12-20(14)21)18-9-7-16(27-5)11-23(18)25(24,2)3/h6-14H,1-5H3. The van der Waals surface area contributed by atoms with Crippen LogP contribution in [0.15, 0.2) is 48.5 Å². The Kier molecular flexibility index (Phi) is 3.54. The molecule has 2 aliphatic rings. The quantitative estimate of drug-likeness (QED) is 0.580. The third kappa shape index (κ3) is 2.19. The van der Waals surface area contributed by atoms with Gasteiger partial charge in [0, 0.05) is 11.3 Å². The molecule has 130 valence electrons. The summed E-state index contributed by atoms with van der Waals surface area (Å²) in [5.41, 5.74) is 14.2. The predicted octanol–water partition coefficient (Wildman–Crippen LogP) is 4.88. The summed E-state index contributed by atoms with van der Waals surface area (Å²) < 4.78 is 0. The van der Waals surface area contributed by atoms with Crippen molar-refractivity contribution in [1.82, 2.24) is 0 Å². The Morgan fingerprint density at radius 3 is 1.96 bits per heavy atom. The average molecular weight is 346 g/mol. The second-order valence-corrected chi connectivity index (χ2v) is 8.56. The van der Waals surface area contributed by atoms with Gasteiger partial charge in [-0.15, -0.1) is 0 Å². The second kappa shape index (κ2) is 5.64. The zero-order valence-corrected chi connectivity index (χ0v) is 16.9. The molecule has 0 bridgehead atoms. The molecule has 27 heavy (non-hydrogen) atoms. The van der Waals surface area contributed by atoms with Gasteiger partial charge in [0.2, 0.25) is 0 Å². The van der Waals surface area contributed by atoms with Gasteiger partial charge in [0.05, 0.1) is 0 Å². The second-order valence-electron chi connectivity index (χ2n) is 8.56. The minimum atomic E-state index is 0.0435. The van der Waals surface area contributed by atoms with E-state index in [1.165, 1.54) is 55.4 Å². The summed E-state index contributed by atoms with van der Waals surface area (Å²) in [6.45, 7) is 11.3. The van der Waals surface area contributed by atoms with Crippen LogP contribution >= 0.6 is 0 Å². The Balaban J connectivity index is 1.74. The molecule has 3 aromatic carbocycles. The molecule has 2 aliphatic carbocycles. The molecule has 3 aromatic rings. The van der Waals surface area contributed by atoms with E-state index in [1.807, 2.05) is 0 Å². The third-order valence-corrected chi connectivity index (χ3v) is 6.84. The fraction of sp³-hybridized carbons (Fsp3) is 0.280. The third-order valence-electron chi connectivity index (χ3n) is 6.84. The summed E-state index contributed by atoms with van der Waals surface area (Å²) >= 11 is 0. The lowest BCUT2D eigenvalue weighted by Crippen LogP contribution is -2.19. The van der Waals surface area contributed by atoms with Crippen molar-refractivity contribution in [2.75, 3.05) is 0 Å². The maximum atomic E-state index is 2.48. The van der Waals surface area contributed by atoms with E-state index in [9.17, 15) is 0 Å². The molecule has 0 aliphatic heterocycles. The highest BCUT2D eigenvalue weighted by molar-refractivity contribution is 6.52. The number of rotatable bonds is 2. The van der Waals surface area contributed by atoms with E-state index in [0.717, 1.165) is 0 Å². The molecular weight excluding hydrogens is 322 g/mol. The molecule has 0 saturated carbocycles. The smallest absolute Gasteiger partial charge is 0.0878 e. The van der Waals surface area contributed by atoms with E-state index in [2.05, 4.69) is 97.5 Å². The van der Waals surface area contributed by atoms with Gasteiger partial charge in [-0.2, -0.15) is 0 Å². The van der Waals surface area contributed by atoms with Gasteiger partial charge >= 0.3 is 0 Å². The van der Waals surface area contributed by atoms with Crippen LogP contribution in [0.2, 0.25) is 13.6 Å². The number of benzene rings is 3. The van der Waals surface area contributed by atoms with Crippen LogP contribution in [0.5, 0.6) is 0 Å². The van der Waals surface area contributed by atoms with Gasteiger partial charge in [-0.05, 0) is 56.6 Å². The van der Waals surface area contributed by atoms with Crippen LogP contribution in [0.1, 0.15) is 48.9 Å². The summed E-state index contributed by atoms with van der Waals surface area (Å²) in [6.07, 6.45) is 0. The molecule has 2 heteroatoms. The van der Waals surface area contributed by atoms with Crippen molar-refractivity contribution in [3.63, 3.8) is 0 Å². The Hall–Kier alpha value is -2.21. The topological polar surface area (TPSA) is 0 Å². The van der Waals surface area contributed by atoms with E-state index < -0.39 is 0 Å². The van der Waals surface area contributed by atoms with Crippen LogP contribution in [0.25, 0.3) is 22.3 Å². The van der Waals surface area contributed by atoms with E-state index in [-0.39, 0.29) is 5.41 Å². The monoisotopic (exact) mass is 346 g/mol. The molecule has 5 rings (SSSR count). The lowest BCUT2D eigenvalue weighted by atomic mass is 9.71. The predicted molar refractivity (Wildman–Crippen MR) is 119 cm³/mol. The van der Waals surface area contributed by atoms with Crippen LogP contribution in [-0.2, 0) is 5.41 Å². The first-order chi connectivity index (χ1) is 13.0. The van der Waals surface area contributed by atoms with Gasteiger partial charge < -0.3 is 0 Å². The first-order valence-corrected chi connectivity index (χ1v) is 10.0. The zero-order chi connectivity index (χ0) is 18.9. The molecule has 0 nitrogen and oxygen atoms in total. The molecule has 0 fully saturated rings. The Labute approximate surface area is 164 Å². The molecule has 0 saturated heterocycles. The molecular formula is C25H24B2. The van der Waals surface area contributed by atoms with Crippen molar-refractivity contribution >= 4 is 25.5 Å². The maximum absolute atomic E-state index is 2.48. The van der Waals surface area contributed by atoms with Crippen LogP contribution in [-0.4, -0.2) is 14.6 Å². The van der Waals surface area contributed by atoms with Crippen molar-refractivity contribution in [3.8, 4) is 22.3 Å². The largest absolute Gasteiger partial charge is 0.148 e. The fourth-order valence-corrected chi connectivity index (χ4v) is 5.12. The van der Waals surface area contributed by atoms with Crippen LogP contribution in [0.4, 0.5) is 0 Å². The van der Waals surface area contributed by atoms with E-state index in [1.54, 1.807) is 0 Å². The van der Waals surface area contributed by atoms with Gasteiger partial charge in [-0.1, -0.05) is 81.7 Å². The average Bonchev–Trinajstić information content (AvgIpc) is 3.09. The lowest BCUT2D eigenvalue weighted by Gasteiger charge is -2.22. The Morgan fingerprint density at radius 1 is 0.667 bits per heavy atom. The summed E-state index contributed by atoms with van der Waals surface area (Å²) in [5, 5.41) is 0. The maximum Gasteiger partial charge on any atom is 0.148 e. The molecule has 0 aromatic heterocycles. The van der Waals surface area contributed by atoms with Gasteiger partial charge in [-0.25, -0.2) is 0 Å². The van der Waals surface area contributed by atoms with Crippen LogP contribution < -0.4 is 10.9 Å².